The van der Waals surface area contributed by atoms with Gasteiger partial charge in [0.05, 0.1) is 11.9 Å². The first-order valence-electron chi connectivity index (χ1n) is 9.49. The zero-order valence-corrected chi connectivity index (χ0v) is 15.4. The molecular formula is C21H25N5O. The Balaban J connectivity index is 1.23. The minimum absolute atomic E-state index is 0.0420. The molecule has 4 rings (SSSR count). The second-order valence-electron chi connectivity index (χ2n) is 6.91. The summed E-state index contributed by atoms with van der Waals surface area (Å²) in [6.45, 7) is 4.81. The predicted octanol–water partition coefficient (Wildman–Crippen LogP) is 2.40. The molecule has 3 heterocycles. The Morgan fingerprint density at radius 1 is 1.00 bits per heavy atom. The van der Waals surface area contributed by atoms with Crippen molar-refractivity contribution in [2.45, 2.75) is 13.0 Å². The van der Waals surface area contributed by atoms with E-state index in [1.165, 1.54) is 11.3 Å². The van der Waals surface area contributed by atoms with Crippen molar-refractivity contribution in [2.75, 3.05) is 32.7 Å². The van der Waals surface area contributed by atoms with Crippen molar-refractivity contribution >= 4 is 11.7 Å². The van der Waals surface area contributed by atoms with E-state index in [1.807, 2.05) is 53.7 Å². The van der Waals surface area contributed by atoms with Gasteiger partial charge >= 0.3 is 6.03 Å². The Morgan fingerprint density at radius 2 is 1.78 bits per heavy atom. The first-order valence-corrected chi connectivity index (χ1v) is 9.49. The lowest BCUT2D eigenvalue weighted by atomic mass is 10.1. The van der Waals surface area contributed by atoms with Crippen LogP contribution in [0.2, 0.25) is 0 Å². The van der Waals surface area contributed by atoms with Crippen molar-refractivity contribution in [2.24, 2.45) is 0 Å². The van der Waals surface area contributed by atoms with Gasteiger partial charge < -0.3 is 14.6 Å². The minimum Gasteiger partial charge on any atom is -0.338 e. The van der Waals surface area contributed by atoms with Crippen LogP contribution in [0.15, 0.2) is 60.9 Å². The molecule has 0 aliphatic carbocycles. The summed E-state index contributed by atoms with van der Waals surface area (Å²) in [5.74, 6) is 0. The first-order chi connectivity index (χ1) is 13.3. The van der Waals surface area contributed by atoms with E-state index in [2.05, 4.69) is 31.7 Å². The van der Waals surface area contributed by atoms with Gasteiger partial charge in [-0.05, 0) is 24.1 Å². The molecule has 6 heteroatoms. The van der Waals surface area contributed by atoms with Crippen LogP contribution in [0.3, 0.4) is 0 Å². The quantitative estimate of drug-likeness (QED) is 0.757. The number of piperazine rings is 1. The van der Waals surface area contributed by atoms with Gasteiger partial charge in [0.2, 0.25) is 0 Å². The molecule has 0 radical (unpaired) electrons. The summed E-state index contributed by atoms with van der Waals surface area (Å²) < 4.78 is 2.13. The van der Waals surface area contributed by atoms with E-state index in [1.54, 1.807) is 0 Å². The van der Waals surface area contributed by atoms with Gasteiger partial charge in [-0.15, -0.1) is 0 Å². The highest BCUT2D eigenvalue weighted by Gasteiger charge is 2.21. The average molecular weight is 363 g/mol. The van der Waals surface area contributed by atoms with Crippen molar-refractivity contribution < 1.29 is 4.79 Å². The Hall–Kier alpha value is -2.86. The lowest BCUT2D eigenvalue weighted by molar-refractivity contribution is 0.134. The van der Waals surface area contributed by atoms with Gasteiger partial charge in [-0.1, -0.05) is 36.4 Å². The van der Waals surface area contributed by atoms with Crippen LogP contribution in [0.5, 0.6) is 0 Å². The number of aromatic nitrogens is 2. The summed E-state index contributed by atoms with van der Waals surface area (Å²) >= 11 is 0. The molecule has 1 aliphatic heterocycles. The molecule has 27 heavy (non-hydrogen) atoms. The number of nitrogens with one attached hydrogen (secondary N) is 1. The Labute approximate surface area is 159 Å². The smallest absolute Gasteiger partial charge is 0.317 e. The molecule has 0 saturated carbocycles. The maximum absolute atomic E-state index is 12.4. The molecule has 0 bridgehead atoms. The highest BCUT2D eigenvalue weighted by molar-refractivity contribution is 5.74. The molecule has 6 nitrogen and oxygen atoms in total. The number of hydrogen-bond donors (Lipinski definition) is 1. The van der Waals surface area contributed by atoms with Crippen molar-refractivity contribution in [3.63, 3.8) is 0 Å². The molecule has 2 amide bonds. The first kappa shape index (κ1) is 17.5. The summed E-state index contributed by atoms with van der Waals surface area (Å²) in [6.07, 6.45) is 4.85. The van der Waals surface area contributed by atoms with Gasteiger partial charge in [0.25, 0.3) is 0 Å². The van der Waals surface area contributed by atoms with Crippen LogP contribution >= 0.6 is 0 Å². The number of fused-ring (bicyclic) bond motifs is 1. The predicted molar refractivity (Wildman–Crippen MR) is 106 cm³/mol. The van der Waals surface area contributed by atoms with Crippen molar-refractivity contribution in [1.82, 2.24) is 24.5 Å². The highest BCUT2D eigenvalue weighted by atomic mass is 16.2. The number of rotatable bonds is 5. The largest absolute Gasteiger partial charge is 0.338 e. The van der Waals surface area contributed by atoms with E-state index in [0.717, 1.165) is 44.8 Å². The minimum atomic E-state index is 0.0420. The molecule has 1 N–H and O–H groups in total. The normalized spacial score (nSPS) is 15.2. The molecule has 1 saturated heterocycles. The second kappa shape index (κ2) is 8.22. The van der Waals surface area contributed by atoms with Crippen LogP contribution in [0, 0.1) is 0 Å². The van der Waals surface area contributed by atoms with Crippen LogP contribution in [0.1, 0.15) is 11.3 Å². The Kier molecular flexibility index (Phi) is 5.34. The molecule has 0 spiro atoms. The van der Waals surface area contributed by atoms with Crippen LogP contribution in [-0.4, -0.2) is 57.9 Å². The van der Waals surface area contributed by atoms with Gasteiger partial charge in [-0.2, -0.15) is 0 Å². The maximum Gasteiger partial charge on any atom is 0.317 e. The summed E-state index contributed by atoms with van der Waals surface area (Å²) in [6, 6.07) is 16.3. The van der Waals surface area contributed by atoms with E-state index in [-0.39, 0.29) is 6.03 Å². The third kappa shape index (κ3) is 4.28. The lowest BCUT2D eigenvalue weighted by Gasteiger charge is -2.34. The number of urea groups is 1. The van der Waals surface area contributed by atoms with Crippen LogP contribution in [0.4, 0.5) is 4.79 Å². The molecule has 1 aliphatic rings. The molecule has 0 atom stereocenters. The fourth-order valence-electron chi connectivity index (χ4n) is 3.51. The zero-order valence-electron chi connectivity index (χ0n) is 15.4. The summed E-state index contributed by atoms with van der Waals surface area (Å²) in [5.41, 5.74) is 3.41. The Bertz CT molecular complexity index is 884. The third-order valence-corrected chi connectivity index (χ3v) is 5.07. The molecule has 2 aromatic heterocycles. The topological polar surface area (TPSA) is 52.9 Å². The molecule has 3 aromatic rings. The molecule has 140 valence electrons. The average Bonchev–Trinajstić information content (AvgIpc) is 3.12. The molecule has 0 unspecified atom stereocenters. The second-order valence-corrected chi connectivity index (χ2v) is 6.91. The zero-order chi connectivity index (χ0) is 18.5. The van der Waals surface area contributed by atoms with Gasteiger partial charge in [0.1, 0.15) is 5.65 Å². The standard InChI is InChI=1S/C21H25N5O/c27-21(22-10-9-18-6-2-1-3-7-18)25-14-12-24(13-15-25)17-19-16-23-20-8-4-5-11-26(19)20/h1-8,11,16H,9-10,12-15,17H2,(H,22,27). The van der Waals surface area contributed by atoms with Crippen molar-refractivity contribution in [1.29, 1.82) is 0 Å². The van der Waals surface area contributed by atoms with E-state index in [9.17, 15) is 4.79 Å². The van der Waals surface area contributed by atoms with Gasteiger partial charge in [-0.3, -0.25) is 4.90 Å². The number of hydrogen-bond acceptors (Lipinski definition) is 3. The van der Waals surface area contributed by atoms with Crippen LogP contribution < -0.4 is 5.32 Å². The van der Waals surface area contributed by atoms with Crippen molar-refractivity contribution in [3.8, 4) is 0 Å². The Morgan fingerprint density at radius 3 is 2.59 bits per heavy atom. The van der Waals surface area contributed by atoms with E-state index < -0.39 is 0 Å². The summed E-state index contributed by atoms with van der Waals surface area (Å²) in [5, 5.41) is 3.04. The monoisotopic (exact) mass is 363 g/mol. The number of carbonyl (C=O) groups is 1. The number of carbonyl (C=O) groups excluding carboxylic acids is 1. The summed E-state index contributed by atoms with van der Waals surface area (Å²) in [4.78, 5) is 21.1. The number of imidazole rings is 1. The number of nitrogens with zero attached hydrogens (tertiary/aromatic N) is 4. The van der Waals surface area contributed by atoms with Crippen LogP contribution in [-0.2, 0) is 13.0 Å². The van der Waals surface area contributed by atoms with Gasteiger partial charge in [0.15, 0.2) is 0 Å². The summed E-state index contributed by atoms with van der Waals surface area (Å²) in [7, 11) is 0. The lowest BCUT2D eigenvalue weighted by Crippen LogP contribution is -2.51. The molecule has 1 aromatic carbocycles. The number of amides is 2. The highest BCUT2D eigenvalue weighted by Crippen LogP contribution is 2.11. The third-order valence-electron chi connectivity index (χ3n) is 5.07. The fourth-order valence-corrected chi connectivity index (χ4v) is 3.51. The van der Waals surface area contributed by atoms with E-state index in [0.29, 0.717) is 6.54 Å². The number of benzene rings is 1. The van der Waals surface area contributed by atoms with Gasteiger partial charge in [-0.25, -0.2) is 9.78 Å². The SMILES string of the molecule is O=C(NCCc1ccccc1)N1CCN(Cc2cnc3ccccn23)CC1. The number of pyridine rings is 1. The van der Waals surface area contributed by atoms with E-state index in [4.69, 9.17) is 0 Å². The van der Waals surface area contributed by atoms with E-state index >= 15 is 0 Å². The maximum atomic E-state index is 12.4. The molecule has 1 fully saturated rings. The van der Waals surface area contributed by atoms with Crippen LogP contribution in [0.25, 0.3) is 5.65 Å². The molecular weight excluding hydrogens is 338 g/mol. The fraction of sp³-hybridized carbons (Fsp3) is 0.333. The van der Waals surface area contributed by atoms with Crippen molar-refractivity contribution in [3.05, 3.63) is 72.2 Å². The van der Waals surface area contributed by atoms with Gasteiger partial charge in [0, 0.05) is 45.5 Å².